The van der Waals surface area contributed by atoms with Crippen molar-refractivity contribution >= 4 is 52.0 Å². The Labute approximate surface area is 400 Å². The number of carbonyl (C=O) groups is 4. The van der Waals surface area contributed by atoms with Crippen LogP contribution in [-0.4, -0.2) is 119 Å². The third-order valence-electron chi connectivity index (χ3n) is 16.2. The first kappa shape index (κ1) is 44.9. The van der Waals surface area contributed by atoms with Crippen molar-refractivity contribution in [2.45, 2.75) is 108 Å². The van der Waals surface area contributed by atoms with E-state index in [0.29, 0.717) is 70.5 Å². The van der Waals surface area contributed by atoms with E-state index in [9.17, 15) is 29.1 Å². The summed E-state index contributed by atoms with van der Waals surface area (Å²) in [6, 6.07) is 17.3. The molecule has 3 aromatic heterocycles. The lowest BCUT2D eigenvalue weighted by atomic mass is 9.66. The van der Waals surface area contributed by atoms with Gasteiger partial charge in [0.1, 0.15) is 17.0 Å². The fourth-order valence-corrected chi connectivity index (χ4v) is 12.0. The molecule has 1 unspecified atom stereocenters. The van der Waals surface area contributed by atoms with Crippen LogP contribution in [0.2, 0.25) is 0 Å². The summed E-state index contributed by atoms with van der Waals surface area (Å²) in [6.07, 6.45) is 12.7. The van der Waals surface area contributed by atoms with Gasteiger partial charge in [-0.3, -0.25) is 44.0 Å². The SMILES string of the molecule is C=CCn1c(=O)c2cnc(Nc3ccc(N4CCN(C5CCC6(CC5)CCN(Cc5ccc7c(c5)C(=O)N(C5CCC(=O)NC5=O)C7=O)CC6)CC4)cc3)nc2n1-c1ccc2c(n1)[C@@](O)(CC)CC2. The minimum atomic E-state index is -0.998. The van der Waals surface area contributed by atoms with Gasteiger partial charge in [0.2, 0.25) is 17.8 Å². The average molecular weight is 934 g/mol. The Morgan fingerprint density at radius 2 is 1.59 bits per heavy atom. The van der Waals surface area contributed by atoms with E-state index in [2.05, 4.69) is 49.0 Å². The number of benzene rings is 2. The number of hydrogen-bond acceptors (Lipinski definition) is 13. The van der Waals surface area contributed by atoms with Crippen LogP contribution in [0.15, 0.2) is 78.2 Å². The second kappa shape index (κ2) is 17.8. The number of allylic oxidation sites excluding steroid dienone is 1. The van der Waals surface area contributed by atoms with E-state index < -0.39 is 29.4 Å². The number of rotatable bonds is 11. The molecule has 4 fully saturated rings. The number of amides is 4. The molecule has 4 aliphatic heterocycles. The Morgan fingerprint density at radius 1 is 0.841 bits per heavy atom. The number of aryl methyl sites for hydroxylation is 1. The summed E-state index contributed by atoms with van der Waals surface area (Å²) < 4.78 is 3.26. The highest BCUT2D eigenvalue weighted by Crippen LogP contribution is 2.46. The van der Waals surface area contributed by atoms with Crippen LogP contribution in [0.4, 0.5) is 17.3 Å². The first-order valence-corrected chi connectivity index (χ1v) is 24.7. The van der Waals surface area contributed by atoms with Gasteiger partial charge in [-0.1, -0.05) is 25.1 Å². The molecule has 11 rings (SSSR count). The molecule has 5 aromatic rings. The van der Waals surface area contributed by atoms with Crippen molar-refractivity contribution in [3.05, 3.63) is 112 Å². The largest absolute Gasteiger partial charge is 0.384 e. The van der Waals surface area contributed by atoms with Crippen LogP contribution >= 0.6 is 0 Å². The molecule has 3 N–H and O–H groups in total. The number of fused-ring (bicyclic) bond motifs is 3. The maximum absolute atomic E-state index is 13.6. The second-order valence-electron chi connectivity index (χ2n) is 20.0. The summed E-state index contributed by atoms with van der Waals surface area (Å²) in [5.74, 6) is -1.05. The van der Waals surface area contributed by atoms with E-state index in [1.165, 1.54) is 31.4 Å². The monoisotopic (exact) mass is 933 g/mol. The maximum Gasteiger partial charge on any atom is 0.278 e. The van der Waals surface area contributed by atoms with Gasteiger partial charge in [0.25, 0.3) is 17.4 Å². The van der Waals surface area contributed by atoms with Crippen molar-refractivity contribution in [2.24, 2.45) is 5.41 Å². The molecule has 1 spiro atoms. The lowest BCUT2D eigenvalue weighted by molar-refractivity contribution is -0.136. The van der Waals surface area contributed by atoms with E-state index >= 15 is 0 Å². The van der Waals surface area contributed by atoms with Gasteiger partial charge >= 0.3 is 0 Å². The fraction of sp³-hybridized carbons (Fsp3) is 0.462. The van der Waals surface area contributed by atoms with Crippen LogP contribution < -0.4 is 21.1 Å². The Balaban J connectivity index is 0.666. The summed E-state index contributed by atoms with van der Waals surface area (Å²) >= 11 is 0. The minimum Gasteiger partial charge on any atom is -0.384 e. The van der Waals surface area contributed by atoms with E-state index in [1.807, 2.05) is 43.3 Å². The van der Waals surface area contributed by atoms with E-state index in [1.54, 1.807) is 27.7 Å². The number of aliphatic hydroxyl groups is 1. The molecule has 17 nitrogen and oxygen atoms in total. The van der Waals surface area contributed by atoms with Crippen LogP contribution in [0.3, 0.4) is 0 Å². The van der Waals surface area contributed by atoms with Gasteiger partial charge in [0, 0.05) is 62.8 Å². The summed E-state index contributed by atoms with van der Waals surface area (Å²) in [4.78, 5) is 87.2. The number of nitrogens with zero attached hydrogens (tertiary/aromatic N) is 9. The molecule has 2 aliphatic carbocycles. The van der Waals surface area contributed by atoms with Gasteiger partial charge in [0.05, 0.1) is 23.4 Å². The lowest BCUT2D eigenvalue weighted by Crippen LogP contribution is -2.54. The first-order valence-electron chi connectivity index (χ1n) is 24.7. The Morgan fingerprint density at radius 3 is 2.32 bits per heavy atom. The van der Waals surface area contributed by atoms with Crippen LogP contribution in [-0.2, 0) is 34.7 Å². The molecule has 7 heterocycles. The summed E-state index contributed by atoms with van der Waals surface area (Å²) in [6.45, 7) is 12.8. The van der Waals surface area contributed by atoms with Gasteiger partial charge in [-0.2, -0.15) is 4.98 Å². The van der Waals surface area contributed by atoms with Crippen LogP contribution in [0.1, 0.15) is 109 Å². The number of likely N-dealkylation sites (tertiary alicyclic amines) is 1. The zero-order valence-electron chi connectivity index (χ0n) is 39.2. The zero-order chi connectivity index (χ0) is 47.6. The number of imide groups is 2. The molecule has 4 amide bonds. The average Bonchev–Trinajstić information content (AvgIpc) is 3.94. The van der Waals surface area contributed by atoms with E-state index in [-0.39, 0.29) is 30.9 Å². The van der Waals surface area contributed by atoms with Crippen molar-refractivity contribution in [3.63, 3.8) is 0 Å². The van der Waals surface area contributed by atoms with Gasteiger partial charge in [-0.25, -0.2) is 19.3 Å². The summed E-state index contributed by atoms with van der Waals surface area (Å²) in [5, 5.41) is 17.3. The van der Waals surface area contributed by atoms with E-state index in [4.69, 9.17) is 9.97 Å². The van der Waals surface area contributed by atoms with E-state index in [0.717, 1.165) is 80.2 Å². The number of piperazine rings is 1. The molecule has 1 saturated carbocycles. The maximum atomic E-state index is 13.6. The number of hydrogen-bond donors (Lipinski definition) is 3. The van der Waals surface area contributed by atoms with Crippen LogP contribution in [0.5, 0.6) is 0 Å². The highest BCUT2D eigenvalue weighted by Gasteiger charge is 2.45. The summed E-state index contributed by atoms with van der Waals surface area (Å²) in [7, 11) is 0. The molecule has 6 aliphatic rings. The molecule has 69 heavy (non-hydrogen) atoms. The van der Waals surface area contributed by atoms with Crippen molar-refractivity contribution in [3.8, 4) is 5.82 Å². The number of anilines is 3. The van der Waals surface area contributed by atoms with Crippen molar-refractivity contribution < 1.29 is 24.3 Å². The molecule has 0 radical (unpaired) electrons. The standard InChI is InChI=1S/C52H59N11O6/c1-3-23-61-47(66)40-31-53-50(57-45(40)63(61)42-13-6-34-15-20-52(69,4-2)44(34)55-42)54-35-7-9-36(10-8-35)59-26-28-60(29-27-59)37-16-18-51(19-17-37)21-24-58(25-22-51)32-33-5-11-38-39(30-33)49(68)62(48(38)67)41-12-14-43(64)56-46(41)65/h3,5-11,13,30-31,37,41,69H,1,4,12,14-29,32H2,2H3,(H,53,54,57)(H,56,64,65)/t41?,52-/m1/s1. The first-order chi connectivity index (χ1) is 33.4. The highest BCUT2D eigenvalue weighted by molar-refractivity contribution is 6.23. The number of carbonyl (C=O) groups excluding carboxylic acids is 4. The molecule has 17 heteroatoms. The topological polar surface area (TPSA) is 191 Å². The molecule has 0 bridgehead atoms. The Kier molecular flexibility index (Phi) is 11.6. The number of nitrogens with one attached hydrogen (secondary N) is 2. The van der Waals surface area contributed by atoms with Crippen molar-refractivity contribution in [1.29, 1.82) is 0 Å². The Hall–Kier alpha value is -6.56. The number of pyridine rings is 1. The third-order valence-corrected chi connectivity index (χ3v) is 16.2. The van der Waals surface area contributed by atoms with Gasteiger partial charge in [0.15, 0.2) is 11.5 Å². The molecular formula is C52H59N11O6. The van der Waals surface area contributed by atoms with Crippen LogP contribution in [0, 0.1) is 5.41 Å². The molecule has 358 valence electrons. The Bertz CT molecular complexity index is 2940. The summed E-state index contributed by atoms with van der Waals surface area (Å²) in [5.41, 5.74) is 4.88. The molecular weight excluding hydrogens is 875 g/mol. The second-order valence-corrected chi connectivity index (χ2v) is 20.0. The third kappa shape index (κ3) is 8.13. The quantitative estimate of drug-likeness (QED) is 0.116. The highest BCUT2D eigenvalue weighted by atomic mass is 16.3. The van der Waals surface area contributed by atoms with Crippen molar-refractivity contribution in [2.75, 3.05) is 49.5 Å². The lowest BCUT2D eigenvalue weighted by Gasteiger charge is -2.49. The molecule has 2 atom stereocenters. The molecule has 3 saturated heterocycles. The van der Waals surface area contributed by atoms with Crippen LogP contribution in [0.25, 0.3) is 16.9 Å². The number of aromatic nitrogens is 5. The normalized spacial score (nSPS) is 23.2. The van der Waals surface area contributed by atoms with Gasteiger partial charge in [-0.05, 0) is 136 Å². The fourth-order valence-electron chi connectivity index (χ4n) is 12.0. The predicted molar refractivity (Wildman–Crippen MR) is 259 cm³/mol. The predicted octanol–water partition coefficient (Wildman–Crippen LogP) is 5.20. The number of piperidine rings is 2. The van der Waals surface area contributed by atoms with Gasteiger partial charge in [-0.15, -0.1) is 6.58 Å². The smallest absolute Gasteiger partial charge is 0.278 e. The zero-order valence-corrected chi connectivity index (χ0v) is 39.2. The van der Waals surface area contributed by atoms with Crippen molar-refractivity contribution in [1.82, 2.24) is 44.3 Å². The van der Waals surface area contributed by atoms with Gasteiger partial charge < -0.3 is 15.3 Å². The minimum absolute atomic E-state index is 0.100. The molecule has 2 aromatic carbocycles.